The predicted octanol–water partition coefficient (Wildman–Crippen LogP) is 4.85. The number of para-hydroxylation sites is 2. The van der Waals surface area contributed by atoms with Crippen LogP contribution in [0.5, 0.6) is 5.88 Å². The normalized spacial score (nSPS) is 10.8. The van der Waals surface area contributed by atoms with Crippen molar-refractivity contribution in [3.05, 3.63) is 54.6 Å². The number of fused-ring (bicyclic) bond motifs is 1. The zero-order chi connectivity index (χ0) is 15.2. The summed E-state index contributed by atoms with van der Waals surface area (Å²) in [4.78, 5) is 9.40. The first-order valence-electron chi connectivity index (χ1n) is 7.39. The number of ether oxygens (including phenoxy) is 1. The Hall–Kier alpha value is -1.94. The third kappa shape index (κ3) is 3.45. The van der Waals surface area contributed by atoms with E-state index < -0.39 is 0 Å². The van der Waals surface area contributed by atoms with Crippen molar-refractivity contribution in [1.82, 2.24) is 9.97 Å². The highest BCUT2D eigenvalue weighted by atomic mass is 79.9. The molecular weight excluding hydrogens is 340 g/mol. The predicted molar refractivity (Wildman–Crippen MR) is 93.5 cm³/mol. The molecule has 4 heteroatoms. The molecule has 0 aliphatic rings. The van der Waals surface area contributed by atoms with Crippen molar-refractivity contribution in [2.45, 2.75) is 12.8 Å². The molecule has 0 aliphatic heterocycles. The van der Waals surface area contributed by atoms with Gasteiger partial charge >= 0.3 is 0 Å². The van der Waals surface area contributed by atoms with Gasteiger partial charge in [0.15, 0.2) is 0 Å². The van der Waals surface area contributed by atoms with E-state index in [1.807, 2.05) is 54.6 Å². The molecule has 0 fully saturated rings. The van der Waals surface area contributed by atoms with Gasteiger partial charge in [-0.2, -0.15) is 0 Å². The summed E-state index contributed by atoms with van der Waals surface area (Å²) in [5.74, 6) is 0.611. The highest BCUT2D eigenvalue weighted by Gasteiger charge is 2.12. The number of rotatable bonds is 6. The van der Waals surface area contributed by atoms with Crippen LogP contribution >= 0.6 is 15.9 Å². The molecule has 0 N–H and O–H groups in total. The van der Waals surface area contributed by atoms with E-state index in [1.54, 1.807) is 0 Å². The molecule has 3 aromatic rings. The van der Waals surface area contributed by atoms with Gasteiger partial charge in [-0.1, -0.05) is 58.4 Å². The number of unbranched alkanes of at least 4 members (excludes halogenated alkanes) is 1. The summed E-state index contributed by atoms with van der Waals surface area (Å²) >= 11 is 3.44. The van der Waals surface area contributed by atoms with Gasteiger partial charge in [-0.15, -0.1) is 0 Å². The Bertz CT molecular complexity index is 746. The van der Waals surface area contributed by atoms with Crippen LogP contribution in [0.25, 0.3) is 22.3 Å². The van der Waals surface area contributed by atoms with Crippen LogP contribution in [0.4, 0.5) is 0 Å². The fourth-order valence-electron chi connectivity index (χ4n) is 2.23. The van der Waals surface area contributed by atoms with Crippen LogP contribution in [-0.4, -0.2) is 21.9 Å². The number of hydrogen-bond donors (Lipinski definition) is 0. The summed E-state index contributed by atoms with van der Waals surface area (Å²) < 4.78 is 5.91. The summed E-state index contributed by atoms with van der Waals surface area (Å²) in [6.45, 7) is 0.651. The van der Waals surface area contributed by atoms with Crippen LogP contribution < -0.4 is 4.74 Å². The van der Waals surface area contributed by atoms with Crippen molar-refractivity contribution in [2.24, 2.45) is 0 Å². The number of nitrogens with zero attached hydrogens (tertiary/aromatic N) is 2. The van der Waals surface area contributed by atoms with E-state index in [9.17, 15) is 0 Å². The lowest BCUT2D eigenvalue weighted by Gasteiger charge is -2.11. The van der Waals surface area contributed by atoms with Gasteiger partial charge in [0.25, 0.3) is 0 Å². The minimum Gasteiger partial charge on any atom is -0.476 e. The second-order valence-corrected chi connectivity index (χ2v) is 5.77. The van der Waals surface area contributed by atoms with Gasteiger partial charge in [-0.05, 0) is 25.0 Å². The van der Waals surface area contributed by atoms with Gasteiger partial charge in [-0.3, -0.25) is 0 Å². The lowest BCUT2D eigenvalue weighted by atomic mass is 10.1. The Kier molecular flexibility index (Phi) is 5.01. The molecule has 0 spiro atoms. The standard InChI is InChI=1S/C18H17BrN2O/c19-12-6-7-13-22-18-17(14-8-2-1-3-9-14)20-15-10-4-5-11-16(15)21-18/h1-5,8-11H,6-7,12-13H2. The average Bonchev–Trinajstić information content (AvgIpc) is 2.59. The van der Waals surface area contributed by atoms with E-state index in [4.69, 9.17) is 9.72 Å². The average molecular weight is 357 g/mol. The van der Waals surface area contributed by atoms with E-state index in [0.717, 1.165) is 40.5 Å². The van der Waals surface area contributed by atoms with Gasteiger partial charge in [-0.25, -0.2) is 9.97 Å². The van der Waals surface area contributed by atoms with E-state index >= 15 is 0 Å². The molecule has 3 nitrogen and oxygen atoms in total. The maximum atomic E-state index is 5.91. The summed E-state index contributed by atoms with van der Waals surface area (Å²) in [6.07, 6.45) is 2.08. The highest BCUT2D eigenvalue weighted by Crippen LogP contribution is 2.28. The van der Waals surface area contributed by atoms with Crippen molar-refractivity contribution >= 4 is 27.0 Å². The van der Waals surface area contributed by atoms with Crippen molar-refractivity contribution in [2.75, 3.05) is 11.9 Å². The van der Waals surface area contributed by atoms with Gasteiger partial charge in [0, 0.05) is 10.9 Å². The smallest absolute Gasteiger partial charge is 0.241 e. The zero-order valence-corrected chi connectivity index (χ0v) is 13.8. The summed E-state index contributed by atoms with van der Waals surface area (Å²) in [6, 6.07) is 17.9. The second kappa shape index (κ2) is 7.36. The maximum Gasteiger partial charge on any atom is 0.241 e. The molecule has 2 aromatic carbocycles. The molecule has 1 aromatic heterocycles. The Balaban J connectivity index is 1.99. The molecule has 0 saturated heterocycles. The first kappa shape index (κ1) is 15.0. The van der Waals surface area contributed by atoms with Crippen molar-refractivity contribution in [1.29, 1.82) is 0 Å². The van der Waals surface area contributed by atoms with Crippen LogP contribution in [0.2, 0.25) is 0 Å². The SMILES string of the molecule is BrCCCCOc1nc2ccccc2nc1-c1ccccc1. The Morgan fingerprint density at radius 3 is 2.23 bits per heavy atom. The summed E-state index contributed by atoms with van der Waals surface area (Å²) in [5.41, 5.74) is 3.57. The third-order valence-corrected chi connectivity index (χ3v) is 3.91. The molecule has 0 amide bonds. The lowest BCUT2D eigenvalue weighted by Crippen LogP contribution is -2.03. The molecule has 1 heterocycles. The topological polar surface area (TPSA) is 35.0 Å². The van der Waals surface area contributed by atoms with Gasteiger partial charge < -0.3 is 4.74 Å². The number of hydrogen-bond acceptors (Lipinski definition) is 3. The highest BCUT2D eigenvalue weighted by molar-refractivity contribution is 9.09. The number of aromatic nitrogens is 2. The first-order chi connectivity index (χ1) is 10.9. The van der Waals surface area contributed by atoms with Crippen LogP contribution in [0, 0.1) is 0 Å². The third-order valence-electron chi connectivity index (χ3n) is 3.35. The van der Waals surface area contributed by atoms with E-state index in [-0.39, 0.29) is 0 Å². The van der Waals surface area contributed by atoms with Gasteiger partial charge in [0.2, 0.25) is 5.88 Å². The van der Waals surface area contributed by atoms with Crippen LogP contribution in [0.15, 0.2) is 54.6 Å². The number of alkyl halides is 1. The molecule has 0 aliphatic carbocycles. The molecule has 112 valence electrons. The Morgan fingerprint density at radius 1 is 0.818 bits per heavy atom. The van der Waals surface area contributed by atoms with Crippen molar-refractivity contribution in [3.8, 4) is 17.1 Å². The molecule has 0 unspecified atom stereocenters. The summed E-state index contributed by atoms with van der Waals surface area (Å²) in [7, 11) is 0. The largest absolute Gasteiger partial charge is 0.476 e. The van der Waals surface area contributed by atoms with Crippen LogP contribution in [0.3, 0.4) is 0 Å². The zero-order valence-electron chi connectivity index (χ0n) is 12.2. The summed E-state index contributed by atoms with van der Waals surface area (Å²) in [5, 5.41) is 0.991. The van der Waals surface area contributed by atoms with Crippen LogP contribution in [-0.2, 0) is 0 Å². The fourth-order valence-corrected chi connectivity index (χ4v) is 2.63. The molecule has 0 saturated carbocycles. The van der Waals surface area contributed by atoms with E-state index in [2.05, 4.69) is 20.9 Å². The number of halogens is 1. The Morgan fingerprint density at radius 2 is 1.50 bits per heavy atom. The fraction of sp³-hybridized carbons (Fsp3) is 0.222. The number of benzene rings is 2. The van der Waals surface area contributed by atoms with E-state index in [0.29, 0.717) is 12.5 Å². The minimum atomic E-state index is 0.611. The van der Waals surface area contributed by atoms with Crippen molar-refractivity contribution in [3.63, 3.8) is 0 Å². The quantitative estimate of drug-likeness (QED) is 0.467. The van der Waals surface area contributed by atoms with Gasteiger partial charge in [0.1, 0.15) is 5.69 Å². The molecule has 0 radical (unpaired) electrons. The molecule has 0 atom stereocenters. The minimum absolute atomic E-state index is 0.611. The molecular formula is C18H17BrN2O. The molecule has 3 rings (SSSR count). The maximum absolute atomic E-state index is 5.91. The van der Waals surface area contributed by atoms with Gasteiger partial charge in [0.05, 0.1) is 17.6 Å². The Labute approximate surface area is 138 Å². The molecule has 22 heavy (non-hydrogen) atoms. The lowest BCUT2D eigenvalue weighted by molar-refractivity contribution is 0.300. The second-order valence-electron chi connectivity index (χ2n) is 4.98. The monoisotopic (exact) mass is 356 g/mol. The first-order valence-corrected chi connectivity index (χ1v) is 8.51. The van der Waals surface area contributed by atoms with E-state index in [1.165, 1.54) is 0 Å². The molecule has 0 bridgehead atoms. The van der Waals surface area contributed by atoms with Crippen molar-refractivity contribution < 1.29 is 4.74 Å². The van der Waals surface area contributed by atoms with Crippen LogP contribution in [0.1, 0.15) is 12.8 Å².